The zero-order chi connectivity index (χ0) is 37.0. The molecule has 1 aromatic heterocycles. The molecule has 2 heteroatoms. The van der Waals surface area contributed by atoms with E-state index in [-0.39, 0.29) is 0 Å². The first-order valence-electron chi connectivity index (χ1n) is 19.2. The number of fused-ring (bicyclic) bond motifs is 7. The Morgan fingerprint density at radius 3 is 1.73 bits per heavy atom. The van der Waals surface area contributed by atoms with Crippen LogP contribution in [-0.4, -0.2) is 0 Å². The first-order chi connectivity index (χ1) is 27.8. The van der Waals surface area contributed by atoms with Gasteiger partial charge in [-0.05, 0) is 115 Å². The Kier molecular flexibility index (Phi) is 7.53. The van der Waals surface area contributed by atoms with E-state index in [4.69, 9.17) is 4.42 Å². The maximum absolute atomic E-state index is 6.62. The molecule has 0 aliphatic carbocycles. The average Bonchev–Trinajstić information content (AvgIpc) is 3.66. The molecule has 0 fully saturated rings. The van der Waals surface area contributed by atoms with Gasteiger partial charge in [0.25, 0.3) is 0 Å². The fourth-order valence-electron chi connectivity index (χ4n) is 8.59. The van der Waals surface area contributed by atoms with Crippen molar-refractivity contribution in [1.82, 2.24) is 0 Å². The van der Waals surface area contributed by atoms with Crippen LogP contribution in [0.2, 0.25) is 0 Å². The smallest absolute Gasteiger partial charge is 0.136 e. The number of para-hydroxylation sites is 1. The van der Waals surface area contributed by atoms with Crippen LogP contribution in [0.4, 0.5) is 17.1 Å². The van der Waals surface area contributed by atoms with Gasteiger partial charge in [-0.25, -0.2) is 0 Å². The molecule has 1 heterocycles. The predicted octanol–water partition coefficient (Wildman–Crippen LogP) is 15.5. The normalized spacial score (nSPS) is 11.6. The summed E-state index contributed by atoms with van der Waals surface area (Å²) in [5.41, 5.74) is 12.0. The Morgan fingerprint density at radius 1 is 0.321 bits per heavy atom. The zero-order valence-electron chi connectivity index (χ0n) is 30.6. The predicted molar refractivity (Wildman–Crippen MR) is 237 cm³/mol. The van der Waals surface area contributed by atoms with Crippen LogP contribution in [0.1, 0.15) is 0 Å². The van der Waals surface area contributed by atoms with Crippen LogP contribution in [0.5, 0.6) is 0 Å². The fraction of sp³-hybridized carbons (Fsp3) is 0. The van der Waals surface area contributed by atoms with E-state index in [2.05, 4.69) is 217 Å². The molecule has 0 atom stereocenters. The van der Waals surface area contributed by atoms with Gasteiger partial charge in [0.1, 0.15) is 11.2 Å². The topological polar surface area (TPSA) is 16.4 Å². The standard InChI is InChI=1S/C54H35NO/c1-3-14-36(15-4-1)38-19-13-20-43(33-38)55(44-29-28-40-32-39(26-27-41(40)34-44)37-16-5-2-6-17-37)50-30-31-52-54(48-24-11-12-25-51(48)56-52)53(50)49-35-42-18-7-8-21-45(42)46-22-9-10-23-47(46)49/h1-35H. The quantitative estimate of drug-likeness (QED) is 0.160. The van der Waals surface area contributed by atoms with E-state index in [1.54, 1.807) is 0 Å². The van der Waals surface area contributed by atoms with Crippen LogP contribution < -0.4 is 4.90 Å². The summed E-state index contributed by atoms with van der Waals surface area (Å²) in [6.07, 6.45) is 0. The van der Waals surface area contributed by atoms with Crippen molar-refractivity contribution in [3.63, 3.8) is 0 Å². The summed E-state index contributed by atoms with van der Waals surface area (Å²) in [4.78, 5) is 2.44. The molecular formula is C54H35NO. The monoisotopic (exact) mass is 713 g/mol. The summed E-state index contributed by atoms with van der Waals surface area (Å²) < 4.78 is 6.62. The van der Waals surface area contributed by atoms with Gasteiger partial charge in [-0.2, -0.15) is 0 Å². The summed E-state index contributed by atoms with van der Waals surface area (Å²) in [6, 6.07) is 76.6. The van der Waals surface area contributed by atoms with Gasteiger partial charge >= 0.3 is 0 Å². The lowest BCUT2D eigenvalue weighted by molar-refractivity contribution is 0.669. The van der Waals surface area contributed by atoms with E-state index in [9.17, 15) is 0 Å². The molecule has 0 unspecified atom stereocenters. The first-order valence-corrected chi connectivity index (χ1v) is 19.2. The lowest BCUT2D eigenvalue weighted by atomic mass is 9.89. The molecule has 11 rings (SSSR count). The van der Waals surface area contributed by atoms with Gasteiger partial charge in [-0.15, -0.1) is 0 Å². The molecule has 2 nitrogen and oxygen atoms in total. The first kappa shape index (κ1) is 32.0. The molecule has 0 N–H and O–H groups in total. The Bertz CT molecular complexity index is 3250. The maximum atomic E-state index is 6.62. The summed E-state index contributed by atoms with van der Waals surface area (Å²) >= 11 is 0. The highest BCUT2D eigenvalue weighted by atomic mass is 16.3. The molecule has 10 aromatic carbocycles. The van der Waals surface area contributed by atoms with E-state index < -0.39 is 0 Å². The van der Waals surface area contributed by atoms with Crippen molar-refractivity contribution in [2.75, 3.05) is 4.90 Å². The molecular weight excluding hydrogens is 679 g/mol. The number of rotatable bonds is 6. The van der Waals surface area contributed by atoms with Crippen LogP contribution in [0.25, 0.3) is 87.6 Å². The third-order valence-electron chi connectivity index (χ3n) is 11.2. The van der Waals surface area contributed by atoms with Crippen molar-refractivity contribution >= 4 is 71.3 Å². The van der Waals surface area contributed by atoms with E-state index in [1.165, 1.54) is 54.6 Å². The highest BCUT2D eigenvalue weighted by Gasteiger charge is 2.25. The minimum Gasteiger partial charge on any atom is -0.456 e. The Hall–Kier alpha value is -7.42. The summed E-state index contributed by atoms with van der Waals surface area (Å²) in [5, 5.41) is 9.47. The van der Waals surface area contributed by atoms with Crippen LogP contribution in [-0.2, 0) is 0 Å². The second kappa shape index (κ2) is 13.2. The van der Waals surface area contributed by atoms with Crippen LogP contribution in [0, 0.1) is 0 Å². The van der Waals surface area contributed by atoms with Crippen LogP contribution in [0.15, 0.2) is 217 Å². The summed E-state index contributed by atoms with van der Waals surface area (Å²) in [6.45, 7) is 0. The number of hydrogen-bond acceptors (Lipinski definition) is 2. The van der Waals surface area contributed by atoms with E-state index >= 15 is 0 Å². The van der Waals surface area contributed by atoms with Crippen molar-refractivity contribution in [2.45, 2.75) is 0 Å². The molecule has 0 saturated heterocycles. The van der Waals surface area contributed by atoms with Gasteiger partial charge in [0, 0.05) is 27.7 Å². The largest absolute Gasteiger partial charge is 0.456 e. The van der Waals surface area contributed by atoms with Crippen LogP contribution >= 0.6 is 0 Å². The second-order valence-electron chi connectivity index (χ2n) is 14.5. The van der Waals surface area contributed by atoms with Crippen molar-refractivity contribution in [3.05, 3.63) is 212 Å². The highest BCUT2D eigenvalue weighted by molar-refractivity contribution is 6.22. The van der Waals surface area contributed by atoms with Crippen molar-refractivity contribution in [2.24, 2.45) is 0 Å². The molecule has 0 bridgehead atoms. The fourth-order valence-corrected chi connectivity index (χ4v) is 8.59. The molecule has 262 valence electrons. The minimum absolute atomic E-state index is 0.868. The van der Waals surface area contributed by atoms with Gasteiger partial charge in [-0.1, -0.05) is 158 Å². The third kappa shape index (κ3) is 5.34. The Balaban J connectivity index is 1.23. The molecule has 0 aliphatic rings. The van der Waals surface area contributed by atoms with Gasteiger partial charge in [0.2, 0.25) is 0 Å². The summed E-state index contributed by atoms with van der Waals surface area (Å²) in [7, 11) is 0. The van der Waals surface area contributed by atoms with Crippen molar-refractivity contribution in [1.29, 1.82) is 0 Å². The molecule has 0 amide bonds. The molecule has 0 aliphatic heterocycles. The Labute approximate surface area is 325 Å². The number of benzene rings is 10. The van der Waals surface area contributed by atoms with Gasteiger partial charge in [0.05, 0.1) is 5.69 Å². The lowest BCUT2D eigenvalue weighted by Gasteiger charge is -2.29. The van der Waals surface area contributed by atoms with Gasteiger partial charge in [-0.3, -0.25) is 0 Å². The summed E-state index contributed by atoms with van der Waals surface area (Å²) in [5.74, 6) is 0. The van der Waals surface area contributed by atoms with Crippen molar-refractivity contribution in [3.8, 4) is 33.4 Å². The van der Waals surface area contributed by atoms with Gasteiger partial charge < -0.3 is 9.32 Å². The number of nitrogens with zero attached hydrogens (tertiary/aromatic N) is 1. The van der Waals surface area contributed by atoms with E-state index in [1.807, 2.05) is 0 Å². The third-order valence-corrected chi connectivity index (χ3v) is 11.2. The van der Waals surface area contributed by atoms with Gasteiger partial charge in [0.15, 0.2) is 0 Å². The lowest BCUT2D eigenvalue weighted by Crippen LogP contribution is -2.11. The zero-order valence-corrected chi connectivity index (χ0v) is 30.6. The Morgan fingerprint density at radius 2 is 0.929 bits per heavy atom. The second-order valence-corrected chi connectivity index (χ2v) is 14.5. The maximum Gasteiger partial charge on any atom is 0.136 e. The number of furan rings is 1. The molecule has 0 saturated carbocycles. The minimum atomic E-state index is 0.868. The molecule has 56 heavy (non-hydrogen) atoms. The van der Waals surface area contributed by atoms with E-state index in [0.717, 1.165) is 50.1 Å². The van der Waals surface area contributed by atoms with Crippen LogP contribution in [0.3, 0.4) is 0 Å². The SMILES string of the molecule is c1ccc(-c2cccc(N(c3ccc4cc(-c5ccccc5)ccc4c3)c3ccc4oc5ccccc5c4c3-c3cc4ccccc4c4ccccc34)c2)cc1. The highest BCUT2D eigenvalue weighted by Crippen LogP contribution is 2.50. The number of anilines is 3. The average molecular weight is 714 g/mol. The molecule has 11 aromatic rings. The van der Waals surface area contributed by atoms with E-state index in [0.29, 0.717) is 0 Å². The molecule has 0 spiro atoms. The van der Waals surface area contributed by atoms with Crippen molar-refractivity contribution < 1.29 is 4.42 Å². The molecule has 0 radical (unpaired) electrons. The number of hydrogen-bond donors (Lipinski definition) is 0.